The molecule has 0 spiro atoms. The Bertz CT molecular complexity index is 694. The van der Waals surface area contributed by atoms with Gasteiger partial charge in [0.2, 0.25) is 0 Å². The monoisotopic (exact) mass is 291 g/mol. The summed E-state index contributed by atoms with van der Waals surface area (Å²) in [5.41, 5.74) is 3.06. The molecule has 0 bridgehead atoms. The fourth-order valence-corrected chi connectivity index (χ4v) is 2.49. The molecular weight excluding hydrogens is 273 g/mol. The van der Waals surface area contributed by atoms with E-state index in [2.05, 4.69) is 10.4 Å². The molecule has 21 heavy (non-hydrogen) atoms. The van der Waals surface area contributed by atoms with Crippen LogP contribution in [0.1, 0.15) is 40.3 Å². The maximum atomic E-state index is 13.8. The number of halogens is 1. The fourth-order valence-electron chi connectivity index (χ4n) is 2.49. The fraction of sp³-hybridized carbons (Fsp3) is 0.333. The molecule has 2 rings (SSSR count). The highest BCUT2D eigenvalue weighted by molar-refractivity contribution is 5.88. The Labute approximate surface area is 122 Å². The number of anilines is 1. The number of aromatic nitrogens is 2. The molecule has 0 saturated heterocycles. The van der Waals surface area contributed by atoms with Gasteiger partial charge < -0.3 is 10.4 Å². The number of carbonyl (C=O) groups is 1. The van der Waals surface area contributed by atoms with Crippen LogP contribution in [0.3, 0.4) is 0 Å². The number of nitrogens with zero attached hydrogens (tertiary/aromatic N) is 2. The van der Waals surface area contributed by atoms with Crippen molar-refractivity contribution < 1.29 is 14.3 Å². The number of rotatable bonds is 4. The van der Waals surface area contributed by atoms with Crippen LogP contribution in [0.15, 0.2) is 18.2 Å². The molecule has 1 heterocycles. The zero-order valence-electron chi connectivity index (χ0n) is 12.4. The molecule has 6 heteroatoms. The van der Waals surface area contributed by atoms with Crippen molar-refractivity contribution in [2.45, 2.75) is 26.8 Å². The summed E-state index contributed by atoms with van der Waals surface area (Å²) in [4.78, 5) is 11.0. The molecule has 1 unspecified atom stereocenters. The summed E-state index contributed by atoms with van der Waals surface area (Å²) in [5, 5.41) is 16.3. The first-order chi connectivity index (χ1) is 9.81. The largest absolute Gasteiger partial charge is 0.478 e. The number of carboxylic acids is 1. The normalized spacial score (nSPS) is 12.2. The molecule has 0 aliphatic rings. The van der Waals surface area contributed by atoms with Crippen molar-refractivity contribution in [1.82, 2.24) is 9.78 Å². The van der Waals surface area contributed by atoms with E-state index in [0.717, 1.165) is 23.0 Å². The van der Waals surface area contributed by atoms with Crippen molar-refractivity contribution in [2.75, 3.05) is 5.32 Å². The van der Waals surface area contributed by atoms with Gasteiger partial charge in [0.25, 0.3) is 0 Å². The summed E-state index contributed by atoms with van der Waals surface area (Å²) in [6, 6.07) is 3.52. The molecule has 1 aromatic heterocycles. The number of carboxylic acid groups (broad SMARTS) is 1. The number of hydrogen-bond acceptors (Lipinski definition) is 3. The first-order valence-corrected chi connectivity index (χ1v) is 6.60. The lowest BCUT2D eigenvalue weighted by atomic mass is 10.1. The third-order valence-corrected chi connectivity index (χ3v) is 3.58. The van der Waals surface area contributed by atoms with E-state index < -0.39 is 11.8 Å². The molecule has 0 aliphatic heterocycles. The highest BCUT2D eigenvalue weighted by Crippen LogP contribution is 2.26. The van der Waals surface area contributed by atoms with Gasteiger partial charge in [-0.25, -0.2) is 9.18 Å². The van der Waals surface area contributed by atoms with Crippen LogP contribution in [0.5, 0.6) is 0 Å². The average Bonchev–Trinajstić information content (AvgIpc) is 2.65. The van der Waals surface area contributed by atoms with Crippen LogP contribution in [-0.4, -0.2) is 20.9 Å². The van der Waals surface area contributed by atoms with Gasteiger partial charge in [0.1, 0.15) is 5.82 Å². The Morgan fingerprint density at radius 3 is 2.62 bits per heavy atom. The Balaban J connectivity index is 2.33. The van der Waals surface area contributed by atoms with Crippen molar-refractivity contribution in [3.8, 4) is 0 Å². The number of aromatic carboxylic acids is 1. The Hall–Kier alpha value is -2.37. The Kier molecular flexibility index (Phi) is 3.97. The summed E-state index contributed by atoms with van der Waals surface area (Å²) >= 11 is 0. The number of nitrogens with one attached hydrogen (secondary N) is 1. The summed E-state index contributed by atoms with van der Waals surface area (Å²) in [6.45, 7) is 5.73. The smallest absolute Gasteiger partial charge is 0.335 e. The van der Waals surface area contributed by atoms with Crippen LogP contribution in [-0.2, 0) is 7.05 Å². The minimum absolute atomic E-state index is 0.0470. The van der Waals surface area contributed by atoms with E-state index in [0.29, 0.717) is 0 Å². The van der Waals surface area contributed by atoms with Crippen molar-refractivity contribution in [1.29, 1.82) is 0 Å². The van der Waals surface area contributed by atoms with E-state index in [1.807, 2.05) is 27.8 Å². The number of aryl methyl sites for hydroxylation is 2. The topological polar surface area (TPSA) is 67.2 Å². The minimum atomic E-state index is -1.08. The van der Waals surface area contributed by atoms with Gasteiger partial charge in [-0.15, -0.1) is 0 Å². The summed E-state index contributed by atoms with van der Waals surface area (Å²) in [6.07, 6.45) is 0. The standard InChI is InChI=1S/C15H18FN3O2/c1-8(14-9(2)18-19(4)10(14)3)17-13-7-11(15(20)21)5-6-12(13)16/h5-8,17H,1-4H3,(H,20,21). The molecule has 2 N–H and O–H groups in total. The lowest BCUT2D eigenvalue weighted by Gasteiger charge is -2.17. The van der Waals surface area contributed by atoms with Crippen LogP contribution in [0, 0.1) is 19.7 Å². The number of benzene rings is 1. The molecule has 0 amide bonds. The predicted octanol–water partition coefficient (Wildman–Crippen LogP) is 3.05. The summed E-state index contributed by atoms with van der Waals surface area (Å²) < 4.78 is 15.6. The Morgan fingerprint density at radius 2 is 2.10 bits per heavy atom. The second-order valence-electron chi connectivity index (χ2n) is 5.07. The van der Waals surface area contributed by atoms with Gasteiger partial charge >= 0.3 is 5.97 Å². The van der Waals surface area contributed by atoms with Gasteiger partial charge in [0.15, 0.2) is 0 Å². The molecule has 5 nitrogen and oxygen atoms in total. The predicted molar refractivity (Wildman–Crippen MR) is 78.1 cm³/mol. The second kappa shape index (κ2) is 5.55. The molecule has 0 fully saturated rings. The third-order valence-electron chi connectivity index (χ3n) is 3.58. The van der Waals surface area contributed by atoms with Crippen molar-refractivity contribution in [2.24, 2.45) is 7.05 Å². The van der Waals surface area contributed by atoms with Crippen LogP contribution in [0.25, 0.3) is 0 Å². The molecule has 2 aromatic rings. The lowest BCUT2D eigenvalue weighted by molar-refractivity contribution is 0.0697. The van der Waals surface area contributed by atoms with Crippen molar-refractivity contribution in [3.63, 3.8) is 0 Å². The van der Waals surface area contributed by atoms with Gasteiger partial charge in [-0.3, -0.25) is 4.68 Å². The molecule has 112 valence electrons. The maximum Gasteiger partial charge on any atom is 0.335 e. The zero-order chi connectivity index (χ0) is 15.7. The molecule has 1 aromatic carbocycles. The SMILES string of the molecule is Cc1nn(C)c(C)c1C(C)Nc1cc(C(=O)O)ccc1F. The minimum Gasteiger partial charge on any atom is -0.478 e. The molecule has 1 atom stereocenters. The van der Waals surface area contributed by atoms with Gasteiger partial charge in [-0.05, 0) is 39.0 Å². The van der Waals surface area contributed by atoms with Crippen LogP contribution < -0.4 is 5.32 Å². The van der Waals surface area contributed by atoms with Gasteiger partial charge in [-0.2, -0.15) is 5.10 Å². The third kappa shape index (κ3) is 2.89. The quantitative estimate of drug-likeness (QED) is 0.908. The van der Waals surface area contributed by atoms with Crippen molar-refractivity contribution >= 4 is 11.7 Å². The molecule has 0 aliphatic carbocycles. The molecular formula is C15H18FN3O2. The number of hydrogen-bond donors (Lipinski definition) is 2. The van der Waals surface area contributed by atoms with E-state index in [9.17, 15) is 9.18 Å². The summed E-state index contributed by atoms with van der Waals surface area (Å²) in [7, 11) is 1.85. The first kappa shape index (κ1) is 15.0. The van der Waals surface area contributed by atoms with Crippen LogP contribution in [0.2, 0.25) is 0 Å². The van der Waals surface area contributed by atoms with E-state index in [-0.39, 0.29) is 17.3 Å². The van der Waals surface area contributed by atoms with E-state index in [1.54, 1.807) is 4.68 Å². The highest BCUT2D eigenvalue weighted by atomic mass is 19.1. The maximum absolute atomic E-state index is 13.8. The van der Waals surface area contributed by atoms with E-state index in [1.165, 1.54) is 12.1 Å². The average molecular weight is 291 g/mol. The van der Waals surface area contributed by atoms with Gasteiger partial charge in [0.05, 0.1) is 23.0 Å². The lowest BCUT2D eigenvalue weighted by Crippen LogP contribution is -2.11. The second-order valence-corrected chi connectivity index (χ2v) is 5.07. The Morgan fingerprint density at radius 1 is 1.43 bits per heavy atom. The van der Waals surface area contributed by atoms with E-state index >= 15 is 0 Å². The zero-order valence-corrected chi connectivity index (χ0v) is 12.4. The molecule has 0 radical (unpaired) electrons. The highest BCUT2D eigenvalue weighted by Gasteiger charge is 2.18. The van der Waals surface area contributed by atoms with Gasteiger partial charge in [-0.1, -0.05) is 0 Å². The molecule has 0 saturated carbocycles. The summed E-state index contributed by atoms with van der Waals surface area (Å²) in [5.74, 6) is -1.56. The van der Waals surface area contributed by atoms with Crippen molar-refractivity contribution in [3.05, 3.63) is 46.5 Å². The first-order valence-electron chi connectivity index (χ1n) is 6.60. The van der Waals surface area contributed by atoms with Crippen LogP contribution in [0.4, 0.5) is 10.1 Å². The van der Waals surface area contributed by atoms with E-state index in [4.69, 9.17) is 5.11 Å². The van der Waals surface area contributed by atoms with Gasteiger partial charge in [0, 0.05) is 18.3 Å². The van der Waals surface area contributed by atoms with Crippen LogP contribution >= 0.6 is 0 Å².